The van der Waals surface area contributed by atoms with Gasteiger partial charge in [0, 0.05) is 17.9 Å². The number of aromatic nitrogens is 6. The average Bonchev–Trinajstić information content (AvgIpc) is 3.47. The third-order valence-corrected chi connectivity index (χ3v) is 6.38. The molecule has 0 fully saturated rings. The number of hydrogen-bond acceptors (Lipinski definition) is 6. The first kappa shape index (κ1) is 21.0. The number of carbonyl (C=O) groups excluding carboxylic acids is 1. The molecule has 174 valence electrons. The standard InChI is InChI=1S/C26H23N7O2/c1-16-6-3-4-7-19(16)14-35-20-9-5-8-18(12-20)21-13-24(34)28-26-25(21)17(2)30-33(26)23-11-10-22-29-27-15-32(22)31-23/h3-12,15,21H,13-14H2,1-2H3,(H,28,34). The predicted octanol–water partition coefficient (Wildman–Crippen LogP) is 3.98. The molecule has 0 saturated carbocycles. The number of hydrogen-bond donors (Lipinski definition) is 1. The first-order valence-corrected chi connectivity index (χ1v) is 11.4. The quantitative estimate of drug-likeness (QED) is 0.422. The van der Waals surface area contributed by atoms with Gasteiger partial charge in [0.2, 0.25) is 5.91 Å². The van der Waals surface area contributed by atoms with Gasteiger partial charge in [0.05, 0.1) is 5.69 Å². The lowest BCUT2D eigenvalue weighted by atomic mass is 9.86. The molecule has 3 aromatic heterocycles. The number of fused-ring (bicyclic) bond motifs is 2. The van der Waals surface area contributed by atoms with Crippen LogP contribution in [0.15, 0.2) is 67.0 Å². The van der Waals surface area contributed by atoms with E-state index in [1.807, 2.05) is 55.5 Å². The summed E-state index contributed by atoms with van der Waals surface area (Å²) in [5, 5.41) is 20.2. The van der Waals surface area contributed by atoms with Crippen molar-refractivity contribution in [3.05, 3.63) is 94.9 Å². The van der Waals surface area contributed by atoms with Crippen molar-refractivity contribution in [2.45, 2.75) is 32.8 Å². The number of carbonyl (C=O) groups is 1. The highest BCUT2D eigenvalue weighted by Gasteiger charge is 2.33. The Bertz CT molecular complexity index is 1570. The number of rotatable bonds is 5. The van der Waals surface area contributed by atoms with Crippen LogP contribution in [0.4, 0.5) is 5.82 Å². The van der Waals surface area contributed by atoms with E-state index in [4.69, 9.17) is 9.84 Å². The van der Waals surface area contributed by atoms with Crippen LogP contribution in [0.2, 0.25) is 0 Å². The SMILES string of the molecule is Cc1ccccc1COc1cccc(C2CC(=O)Nc3c2c(C)nn3-c2ccc3nncn3n2)c1. The summed E-state index contributed by atoms with van der Waals surface area (Å²) in [6.45, 7) is 4.52. The third kappa shape index (κ3) is 3.80. The number of anilines is 1. The third-order valence-electron chi connectivity index (χ3n) is 6.38. The summed E-state index contributed by atoms with van der Waals surface area (Å²) in [6, 6.07) is 19.8. The lowest BCUT2D eigenvalue weighted by Crippen LogP contribution is -2.25. The second kappa shape index (κ2) is 8.35. The smallest absolute Gasteiger partial charge is 0.226 e. The van der Waals surface area contributed by atoms with Crippen molar-refractivity contribution in [3.8, 4) is 11.6 Å². The van der Waals surface area contributed by atoms with Crippen LogP contribution in [0.25, 0.3) is 11.5 Å². The molecule has 0 radical (unpaired) electrons. The highest BCUT2D eigenvalue weighted by Crippen LogP contribution is 2.40. The molecule has 9 nitrogen and oxygen atoms in total. The average molecular weight is 466 g/mol. The Morgan fingerprint density at radius 2 is 1.94 bits per heavy atom. The Labute approximate surface area is 201 Å². The van der Waals surface area contributed by atoms with Gasteiger partial charge < -0.3 is 10.1 Å². The van der Waals surface area contributed by atoms with Gasteiger partial charge in [-0.05, 0) is 54.8 Å². The fourth-order valence-corrected chi connectivity index (χ4v) is 4.58. The van der Waals surface area contributed by atoms with Crippen molar-refractivity contribution in [1.82, 2.24) is 29.6 Å². The number of ether oxygens (including phenoxy) is 1. The number of benzene rings is 2. The summed E-state index contributed by atoms with van der Waals surface area (Å²) >= 11 is 0. The summed E-state index contributed by atoms with van der Waals surface area (Å²) in [5.74, 6) is 1.75. The van der Waals surface area contributed by atoms with E-state index in [9.17, 15) is 4.79 Å². The van der Waals surface area contributed by atoms with Crippen LogP contribution in [-0.2, 0) is 11.4 Å². The summed E-state index contributed by atoms with van der Waals surface area (Å²) in [4.78, 5) is 12.8. The van der Waals surface area contributed by atoms with Gasteiger partial charge in [0.1, 0.15) is 24.5 Å². The summed E-state index contributed by atoms with van der Waals surface area (Å²) in [7, 11) is 0. The molecule has 1 aliphatic heterocycles. The van der Waals surface area contributed by atoms with E-state index in [1.54, 1.807) is 9.20 Å². The number of amides is 1. The van der Waals surface area contributed by atoms with Gasteiger partial charge in [0.25, 0.3) is 0 Å². The maximum atomic E-state index is 12.8. The Morgan fingerprint density at radius 1 is 1.06 bits per heavy atom. The van der Waals surface area contributed by atoms with Crippen LogP contribution >= 0.6 is 0 Å². The van der Waals surface area contributed by atoms with Gasteiger partial charge in [-0.2, -0.15) is 14.3 Å². The Morgan fingerprint density at radius 3 is 2.83 bits per heavy atom. The molecule has 1 N–H and O–H groups in total. The maximum absolute atomic E-state index is 12.8. The van der Waals surface area contributed by atoms with E-state index in [-0.39, 0.29) is 11.8 Å². The molecule has 6 rings (SSSR count). The molecule has 0 saturated heterocycles. The minimum atomic E-state index is -0.145. The molecule has 1 amide bonds. The Balaban J connectivity index is 1.35. The van der Waals surface area contributed by atoms with Gasteiger partial charge in [-0.3, -0.25) is 4.79 Å². The van der Waals surface area contributed by atoms with Crippen molar-refractivity contribution in [2.75, 3.05) is 5.32 Å². The Kier molecular flexibility index (Phi) is 5.02. The minimum absolute atomic E-state index is 0.0692. The molecule has 1 unspecified atom stereocenters. The maximum Gasteiger partial charge on any atom is 0.226 e. The monoisotopic (exact) mass is 465 g/mol. The second-order valence-corrected chi connectivity index (χ2v) is 8.68. The van der Waals surface area contributed by atoms with Gasteiger partial charge in [-0.15, -0.1) is 15.3 Å². The van der Waals surface area contributed by atoms with E-state index in [0.29, 0.717) is 30.3 Å². The van der Waals surface area contributed by atoms with Gasteiger partial charge >= 0.3 is 0 Å². The molecule has 4 heterocycles. The minimum Gasteiger partial charge on any atom is -0.489 e. The molecule has 0 bridgehead atoms. The molecule has 0 spiro atoms. The van der Waals surface area contributed by atoms with E-state index in [1.165, 1.54) is 11.9 Å². The van der Waals surface area contributed by atoms with Crippen LogP contribution in [0.1, 0.15) is 40.3 Å². The van der Waals surface area contributed by atoms with E-state index < -0.39 is 0 Å². The van der Waals surface area contributed by atoms with E-state index in [2.05, 4.69) is 39.7 Å². The zero-order chi connectivity index (χ0) is 23.9. The molecular weight excluding hydrogens is 442 g/mol. The van der Waals surface area contributed by atoms with Crippen molar-refractivity contribution >= 4 is 17.4 Å². The van der Waals surface area contributed by atoms with Crippen LogP contribution in [-0.4, -0.2) is 35.5 Å². The van der Waals surface area contributed by atoms with E-state index >= 15 is 0 Å². The molecule has 9 heteroatoms. The lowest BCUT2D eigenvalue weighted by molar-refractivity contribution is -0.116. The molecule has 0 aliphatic carbocycles. The van der Waals surface area contributed by atoms with Crippen LogP contribution in [0.3, 0.4) is 0 Å². The molecule has 5 aromatic rings. The van der Waals surface area contributed by atoms with Crippen LogP contribution < -0.4 is 10.1 Å². The summed E-state index contributed by atoms with van der Waals surface area (Å²) in [5.41, 5.74) is 5.79. The topological polar surface area (TPSA) is 99.2 Å². The Hall–Kier alpha value is -4.53. The second-order valence-electron chi connectivity index (χ2n) is 8.68. The van der Waals surface area contributed by atoms with Gasteiger partial charge in [-0.25, -0.2) is 0 Å². The van der Waals surface area contributed by atoms with Crippen LogP contribution in [0, 0.1) is 13.8 Å². The highest BCUT2D eigenvalue weighted by atomic mass is 16.5. The molecule has 2 aromatic carbocycles. The van der Waals surface area contributed by atoms with Gasteiger partial charge in [0.15, 0.2) is 11.5 Å². The normalized spacial score (nSPS) is 15.1. The van der Waals surface area contributed by atoms with Crippen molar-refractivity contribution in [1.29, 1.82) is 0 Å². The fraction of sp³-hybridized carbons (Fsp3) is 0.192. The first-order chi connectivity index (χ1) is 17.1. The van der Waals surface area contributed by atoms with Crippen molar-refractivity contribution in [2.24, 2.45) is 0 Å². The van der Waals surface area contributed by atoms with E-state index in [0.717, 1.165) is 28.1 Å². The van der Waals surface area contributed by atoms with Crippen molar-refractivity contribution < 1.29 is 9.53 Å². The fourth-order valence-electron chi connectivity index (χ4n) is 4.58. The lowest BCUT2D eigenvalue weighted by Gasteiger charge is -2.24. The molecule has 1 aliphatic rings. The summed E-state index contributed by atoms with van der Waals surface area (Å²) < 4.78 is 9.36. The molecule has 35 heavy (non-hydrogen) atoms. The highest BCUT2D eigenvalue weighted by molar-refractivity contribution is 5.95. The van der Waals surface area contributed by atoms with Gasteiger partial charge in [-0.1, -0.05) is 36.4 Å². The van der Waals surface area contributed by atoms with Crippen molar-refractivity contribution in [3.63, 3.8) is 0 Å². The number of nitrogens with zero attached hydrogens (tertiary/aromatic N) is 6. The predicted molar refractivity (Wildman–Crippen MR) is 130 cm³/mol. The molecular formula is C26H23N7O2. The first-order valence-electron chi connectivity index (χ1n) is 11.4. The molecule has 1 atom stereocenters. The zero-order valence-electron chi connectivity index (χ0n) is 19.3. The van der Waals surface area contributed by atoms with Crippen LogP contribution in [0.5, 0.6) is 5.75 Å². The summed E-state index contributed by atoms with van der Waals surface area (Å²) in [6.07, 6.45) is 1.87. The number of nitrogens with one attached hydrogen (secondary N) is 1. The zero-order valence-corrected chi connectivity index (χ0v) is 19.3. The largest absolute Gasteiger partial charge is 0.489 e. The number of aryl methyl sites for hydroxylation is 2.